The number of benzene rings is 2. The fourth-order valence-electron chi connectivity index (χ4n) is 2.91. The van der Waals surface area contributed by atoms with Crippen molar-refractivity contribution in [1.82, 2.24) is 0 Å². The summed E-state index contributed by atoms with van der Waals surface area (Å²) in [6.45, 7) is 0. The molecule has 0 bridgehead atoms. The minimum absolute atomic E-state index is 0.284. The van der Waals surface area contributed by atoms with Crippen molar-refractivity contribution in [1.29, 1.82) is 0 Å². The second kappa shape index (κ2) is 4.82. The zero-order valence-corrected chi connectivity index (χ0v) is 12.0. The van der Waals surface area contributed by atoms with E-state index in [-0.39, 0.29) is 5.54 Å². The van der Waals surface area contributed by atoms with E-state index in [1.807, 2.05) is 18.2 Å². The monoisotopic (exact) mass is 291 g/mol. The van der Waals surface area contributed by atoms with E-state index in [9.17, 15) is 0 Å². The second-order valence-corrected chi connectivity index (χ2v) is 6.05. The van der Waals surface area contributed by atoms with E-state index in [0.29, 0.717) is 10.0 Å². The first kappa shape index (κ1) is 13.0. The zero-order valence-electron chi connectivity index (χ0n) is 10.5. The molecule has 3 rings (SSSR count). The second-order valence-electron chi connectivity index (χ2n) is 5.24. The molecule has 0 radical (unpaired) electrons. The lowest BCUT2D eigenvalue weighted by Crippen LogP contribution is -2.36. The van der Waals surface area contributed by atoms with Gasteiger partial charge >= 0.3 is 0 Å². The van der Waals surface area contributed by atoms with Crippen LogP contribution in [0.25, 0.3) is 0 Å². The molecule has 19 heavy (non-hydrogen) atoms. The third-order valence-corrected chi connectivity index (χ3v) is 4.64. The molecule has 0 saturated heterocycles. The van der Waals surface area contributed by atoms with Crippen molar-refractivity contribution < 1.29 is 0 Å². The van der Waals surface area contributed by atoms with Crippen LogP contribution in [0.15, 0.2) is 42.5 Å². The Bertz CT molecular complexity index is 624. The summed E-state index contributed by atoms with van der Waals surface area (Å²) in [6.07, 6.45) is 2.82. The lowest BCUT2D eigenvalue weighted by Gasteiger charge is -2.25. The maximum absolute atomic E-state index is 6.61. The summed E-state index contributed by atoms with van der Waals surface area (Å²) in [6, 6.07) is 14.2. The van der Waals surface area contributed by atoms with Crippen LogP contribution in [0.2, 0.25) is 10.0 Å². The maximum Gasteiger partial charge on any atom is 0.0595 e. The summed E-state index contributed by atoms with van der Waals surface area (Å²) in [7, 11) is 0. The van der Waals surface area contributed by atoms with Gasteiger partial charge in [-0.05, 0) is 48.1 Å². The summed E-state index contributed by atoms with van der Waals surface area (Å²) >= 11 is 12.0. The molecule has 0 aromatic heterocycles. The van der Waals surface area contributed by atoms with Crippen molar-refractivity contribution in [2.24, 2.45) is 5.73 Å². The molecule has 98 valence electrons. The van der Waals surface area contributed by atoms with Gasteiger partial charge in [-0.25, -0.2) is 0 Å². The van der Waals surface area contributed by atoms with E-state index >= 15 is 0 Å². The quantitative estimate of drug-likeness (QED) is 0.875. The summed E-state index contributed by atoms with van der Waals surface area (Å²) in [5, 5.41) is 1.18. The third kappa shape index (κ3) is 2.38. The van der Waals surface area contributed by atoms with Gasteiger partial charge in [-0.2, -0.15) is 0 Å². The Balaban J connectivity index is 1.93. The van der Waals surface area contributed by atoms with Crippen LogP contribution < -0.4 is 5.73 Å². The summed E-state index contributed by atoms with van der Waals surface area (Å²) < 4.78 is 0. The molecule has 1 atom stereocenters. The SMILES string of the molecule is NC1(Cc2ccc(Cl)c(Cl)c2)CCc2ccccc21. The fraction of sp³-hybridized carbons (Fsp3) is 0.250. The Hall–Kier alpha value is -1.02. The summed E-state index contributed by atoms with van der Waals surface area (Å²) in [5.74, 6) is 0. The highest BCUT2D eigenvalue weighted by Crippen LogP contribution is 2.37. The van der Waals surface area contributed by atoms with Gasteiger partial charge in [-0.3, -0.25) is 0 Å². The molecular formula is C16H15Cl2N. The molecule has 1 aliphatic carbocycles. The van der Waals surface area contributed by atoms with Crippen LogP contribution in [0.4, 0.5) is 0 Å². The Morgan fingerprint density at radius 1 is 1.05 bits per heavy atom. The Kier molecular flexibility index (Phi) is 3.30. The first-order valence-electron chi connectivity index (χ1n) is 6.40. The number of aryl methyl sites for hydroxylation is 1. The first-order chi connectivity index (χ1) is 9.08. The number of hydrogen-bond donors (Lipinski definition) is 1. The lowest BCUT2D eigenvalue weighted by molar-refractivity contribution is 0.439. The molecule has 1 unspecified atom stereocenters. The van der Waals surface area contributed by atoms with Gasteiger partial charge in [0.05, 0.1) is 10.0 Å². The molecule has 2 aromatic carbocycles. The molecule has 0 heterocycles. The van der Waals surface area contributed by atoms with Gasteiger partial charge in [0.25, 0.3) is 0 Å². The standard InChI is InChI=1S/C16H15Cl2N/c17-14-6-5-11(9-15(14)18)10-16(19)8-7-12-3-1-2-4-13(12)16/h1-6,9H,7-8,10,19H2. The van der Waals surface area contributed by atoms with Gasteiger partial charge in [0.2, 0.25) is 0 Å². The average molecular weight is 292 g/mol. The van der Waals surface area contributed by atoms with E-state index in [2.05, 4.69) is 24.3 Å². The van der Waals surface area contributed by atoms with E-state index < -0.39 is 0 Å². The molecular weight excluding hydrogens is 277 g/mol. The normalized spacial score (nSPS) is 21.4. The predicted octanol–water partition coefficient (Wildman–Crippen LogP) is 4.34. The minimum atomic E-state index is -0.284. The van der Waals surface area contributed by atoms with Crippen molar-refractivity contribution in [3.63, 3.8) is 0 Å². The molecule has 1 nitrogen and oxygen atoms in total. The molecule has 3 heteroatoms. The van der Waals surface area contributed by atoms with E-state index in [1.54, 1.807) is 0 Å². The van der Waals surface area contributed by atoms with E-state index in [4.69, 9.17) is 28.9 Å². The smallest absolute Gasteiger partial charge is 0.0595 e. The number of rotatable bonds is 2. The van der Waals surface area contributed by atoms with Crippen LogP contribution in [-0.4, -0.2) is 0 Å². The molecule has 0 saturated carbocycles. The molecule has 2 N–H and O–H groups in total. The van der Waals surface area contributed by atoms with Gasteiger partial charge in [-0.15, -0.1) is 0 Å². The number of halogens is 2. The van der Waals surface area contributed by atoms with Crippen molar-refractivity contribution >= 4 is 23.2 Å². The van der Waals surface area contributed by atoms with Crippen LogP contribution in [-0.2, 0) is 18.4 Å². The van der Waals surface area contributed by atoms with Crippen LogP contribution >= 0.6 is 23.2 Å². The van der Waals surface area contributed by atoms with Gasteiger partial charge in [0, 0.05) is 5.54 Å². The molecule has 0 amide bonds. The maximum atomic E-state index is 6.61. The fourth-order valence-corrected chi connectivity index (χ4v) is 3.23. The van der Waals surface area contributed by atoms with E-state index in [1.165, 1.54) is 11.1 Å². The highest BCUT2D eigenvalue weighted by Gasteiger charge is 2.34. The largest absolute Gasteiger partial charge is 0.321 e. The van der Waals surface area contributed by atoms with Crippen LogP contribution in [0, 0.1) is 0 Å². The summed E-state index contributed by atoms with van der Waals surface area (Å²) in [5.41, 5.74) is 10.1. The van der Waals surface area contributed by atoms with Crippen molar-refractivity contribution in [3.8, 4) is 0 Å². The Morgan fingerprint density at radius 3 is 2.63 bits per heavy atom. The van der Waals surface area contributed by atoms with Crippen LogP contribution in [0.3, 0.4) is 0 Å². The minimum Gasteiger partial charge on any atom is -0.321 e. The van der Waals surface area contributed by atoms with Crippen molar-refractivity contribution in [2.75, 3.05) is 0 Å². The highest BCUT2D eigenvalue weighted by atomic mass is 35.5. The molecule has 0 fully saturated rings. The van der Waals surface area contributed by atoms with E-state index in [0.717, 1.165) is 24.8 Å². The van der Waals surface area contributed by atoms with Crippen molar-refractivity contribution in [2.45, 2.75) is 24.8 Å². The number of nitrogens with two attached hydrogens (primary N) is 1. The molecule has 0 aliphatic heterocycles. The van der Waals surface area contributed by atoms with Gasteiger partial charge in [0.1, 0.15) is 0 Å². The van der Waals surface area contributed by atoms with Crippen LogP contribution in [0.5, 0.6) is 0 Å². The highest BCUT2D eigenvalue weighted by molar-refractivity contribution is 6.42. The van der Waals surface area contributed by atoms with Crippen LogP contribution in [0.1, 0.15) is 23.1 Å². The first-order valence-corrected chi connectivity index (χ1v) is 7.15. The van der Waals surface area contributed by atoms with Crippen molar-refractivity contribution in [3.05, 3.63) is 69.2 Å². The van der Waals surface area contributed by atoms with Gasteiger partial charge in [0.15, 0.2) is 0 Å². The zero-order chi connectivity index (χ0) is 13.5. The lowest BCUT2D eigenvalue weighted by atomic mass is 9.86. The Morgan fingerprint density at radius 2 is 1.84 bits per heavy atom. The molecule has 0 spiro atoms. The molecule has 2 aromatic rings. The third-order valence-electron chi connectivity index (χ3n) is 3.90. The van der Waals surface area contributed by atoms with Gasteiger partial charge < -0.3 is 5.73 Å². The molecule has 1 aliphatic rings. The van der Waals surface area contributed by atoms with Gasteiger partial charge in [-0.1, -0.05) is 53.5 Å². The Labute approximate surface area is 123 Å². The number of hydrogen-bond acceptors (Lipinski definition) is 1. The average Bonchev–Trinajstić information content (AvgIpc) is 2.73. The predicted molar refractivity (Wildman–Crippen MR) is 80.8 cm³/mol. The summed E-state index contributed by atoms with van der Waals surface area (Å²) in [4.78, 5) is 0. The topological polar surface area (TPSA) is 26.0 Å². The number of fused-ring (bicyclic) bond motifs is 1.